The second-order valence-electron chi connectivity index (χ2n) is 4.73. The molecule has 0 saturated carbocycles. The van der Waals surface area contributed by atoms with Gasteiger partial charge in [0, 0.05) is 23.3 Å². The van der Waals surface area contributed by atoms with E-state index in [1.54, 1.807) is 11.3 Å². The molecule has 0 bridgehead atoms. The van der Waals surface area contributed by atoms with E-state index in [0.717, 1.165) is 29.2 Å². The molecule has 0 aromatic carbocycles. The smallest absolute Gasteiger partial charge is 0.188 e. The van der Waals surface area contributed by atoms with E-state index in [1.807, 2.05) is 26.2 Å². The van der Waals surface area contributed by atoms with Crippen LogP contribution in [-0.2, 0) is 0 Å². The minimum absolute atomic E-state index is 0.330. The summed E-state index contributed by atoms with van der Waals surface area (Å²) in [5.74, 6) is 0.715. The SMILES string of the molecule is CCCNC(C)c1sc(-c2ncc(C)cn2)nc1C. The summed E-state index contributed by atoms with van der Waals surface area (Å²) < 4.78 is 0. The molecule has 2 heterocycles. The van der Waals surface area contributed by atoms with Crippen LogP contribution in [0.1, 0.15) is 42.4 Å². The second kappa shape index (κ2) is 6.21. The van der Waals surface area contributed by atoms with Crippen molar-refractivity contribution in [1.82, 2.24) is 20.3 Å². The van der Waals surface area contributed by atoms with Crippen molar-refractivity contribution in [2.75, 3.05) is 6.54 Å². The molecule has 0 spiro atoms. The fraction of sp³-hybridized carbons (Fsp3) is 0.500. The Bertz CT molecular complexity index is 533. The Kier molecular flexibility index (Phi) is 4.61. The molecule has 19 heavy (non-hydrogen) atoms. The lowest BCUT2D eigenvalue weighted by molar-refractivity contribution is 0.575. The quantitative estimate of drug-likeness (QED) is 0.910. The number of hydrogen-bond donors (Lipinski definition) is 1. The zero-order valence-corrected chi connectivity index (χ0v) is 12.7. The zero-order valence-electron chi connectivity index (χ0n) is 11.9. The molecular formula is C14H20N4S. The number of aryl methyl sites for hydroxylation is 2. The van der Waals surface area contributed by atoms with E-state index in [9.17, 15) is 0 Å². The molecule has 0 amide bonds. The summed E-state index contributed by atoms with van der Waals surface area (Å²) in [7, 11) is 0. The monoisotopic (exact) mass is 276 g/mol. The fourth-order valence-electron chi connectivity index (χ4n) is 1.86. The highest BCUT2D eigenvalue weighted by Crippen LogP contribution is 2.29. The Balaban J connectivity index is 2.23. The number of rotatable bonds is 5. The van der Waals surface area contributed by atoms with E-state index in [1.165, 1.54) is 4.88 Å². The zero-order chi connectivity index (χ0) is 13.8. The number of nitrogens with one attached hydrogen (secondary N) is 1. The van der Waals surface area contributed by atoms with Crippen LogP contribution in [0.3, 0.4) is 0 Å². The van der Waals surface area contributed by atoms with Crippen LogP contribution < -0.4 is 5.32 Å². The molecule has 4 nitrogen and oxygen atoms in total. The Morgan fingerprint density at radius 2 is 1.95 bits per heavy atom. The molecule has 0 saturated heterocycles. The van der Waals surface area contributed by atoms with Crippen LogP contribution in [0, 0.1) is 13.8 Å². The first kappa shape index (κ1) is 14.1. The van der Waals surface area contributed by atoms with Crippen molar-refractivity contribution in [2.45, 2.75) is 40.2 Å². The van der Waals surface area contributed by atoms with Gasteiger partial charge in [0.1, 0.15) is 0 Å². The maximum absolute atomic E-state index is 4.59. The van der Waals surface area contributed by atoms with Gasteiger partial charge in [0.15, 0.2) is 10.8 Å². The van der Waals surface area contributed by atoms with Crippen molar-refractivity contribution < 1.29 is 0 Å². The summed E-state index contributed by atoms with van der Waals surface area (Å²) in [6.45, 7) is 9.41. The first-order valence-electron chi connectivity index (χ1n) is 6.61. The maximum atomic E-state index is 4.59. The van der Waals surface area contributed by atoms with Crippen molar-refractivity contribution in [3.8, 4) is 10.8 Å². The van der Waals surface area contributed by atoms with Crippen molar-refractivity contribution in [2.24, 2.45) is 0 Å². The Morgan fingerprint density at radius 3 is 2.58 bits per heavy atom. The summed E-state index contributed by atoms with van der Waals surface area (Å²) in [5.41, 5.74) is 2.13. The molecule has 1 unspecified atom stereocenters. The molecule has 2 rings (SSSR count). The highest BCUT2D eigenvalue weighted by Gasteiger charge is 2.15. The third-order valence-electron chi connectivity index (χ3n) is 2.90. The molecule has 2 aromatic heterocycles. The lowest BCUT2D eigenvalue weighted by Crippen LogP contribution is -2.18. The van der Waals surface area contributed by atoms with Gasteiger partial charge in [-0.1, -0.05) is 6.92 Å². The van der Waals surface area contributed by atoms with Crippen LogP contribution >= 0.6 is 11.3 Å². The van der Waals surface area contributed by atoms with E-state index in [2.05, 4.69) is 34.1 Å². The minimum Gasteiger partial charge on any atom is -0.309 e. The van der Waals surface area contributed by atoms with Crippen LogP contribution in [0.4, 0.5) is 0 Å². The standard InChI is InChI=1S/C14H20N4S/c1-5-6-15-10(3)12-11(4)18-14(19-12)13-16-7-9(2)8-17-13/h7-8,10,15H,5-6H2,1-4H3. The van der Waals surface area contributed by atoms with Crippen LogP contribution in [-0.4, -0.2) is 21.5 Å². The number of nitrogens with zero attached hydrogens (tertiary/aromatic N) is 3. The predicted octanol–water partition coefficient (Wildman–Crippen LogP) is 3.28. The predicted molar refractivity (Wildman–Crippen MR) is 79.3 cm³/mol. The maximum Gasteiger partial charge on any atom is 0.188 e. The van der Waals surface area contributed by atoms with Gasteiger partial charge in [-0.15, -0.1) is 11.3 Å². The molecule has 0 aliphatic rings. The summed E-state index contributed by atoms with van der Waals surface area (Å²) in [5, 5.41) is 4.39. The van der Waals surface area contributed by atoms with Gasteiger partial charge < -0.3 is 5.32 Å². The van der Waals surface area contributed by atoms with E-state index in [-0.39, 0.29) is 0 Å². The highest BCUT2D eigenvalue weighted by atomic mass is 32.1. The fourth-order valence-corrected chi connectivity index (χ4v) is 2.90. The first-order chi connectivity index (χ1) is 9.11. The highest BCUT2D eigenvalue weighted by molar-refractivity contribution is 7.15. The van der Waals surface area contributed by atoms with Crippen molar-refractivity contribution in [1.29, 1.82) is 0 Å². The normalized spacial score (nSPS) is 12.6. The lowest BCUT2D eigenvalue weighted by atomic mass is 10.2. The van der Waals surface area contributed by atoms with Crippen LogP contribution in [0.2, 0.25) is 0 Å². The van der Waals surface area contributed by atoms with Crippen LogP contribution in [0.25, 0.3) is 10.8 Å². The van der Waals surface area contributed by atoms with Gasteiger partial charge in [0.25, 0.3) is 0 Å². The van der Waals surface area contributed by atoms with Gasteiger partial charge >= 0.3 is 0 Å². The van der Waals surface area contributed by atoms with E-state index < -0.39 is 0 Å². The van der Waals surface area contributed by atoms with Gasteiger partial charge in [-0.25, -0.2) is 15.0 Å². The van der Waals surface area contributed by atoms with Crippen molar-refractivity contribution in [3.05, 3.63) is 28.5 Å². The van der Waals surface area contributed by atoms with Crippen LogP contribution in [0.5, 0.6) is 0 Å². The average Bonchev–Trinajstić information content (AvgIpc) is 2.79. The van der Waals surface area contributed by atoms with Gasteiger partial charge in [-0.3, -0.25) is 0 Å². The number of hydrogen-bond acceptors (Lipinski definition) is 5. The Hall–Kier alpha value is -1.33. The topological polar surface area (TPSA) is 50.7 Å². The van der Waals surface area contributed by atoms with E-state index in [4.69, 9.17) is 0 Å². The molecule has 0 aliphatic carbocycles. The molecule has 2 aromatic rings. The van der Waals surface area contributed by atoms with Gasteiger partial charge in [-0.05, 0) is 39.3 Å². The second-order valence-corrected chi connectivity index (χ2v) is 5.76. The molecule has 0 fully saturated rings. The summed E-state index contributed by atoms with van der Waals surface area (Å²) >= 11 is 1.68. The van der Waals surface area contributed by atoms with Crippen molar-refractivity contribution >= 4 is 11.3 Å². The molecule has 1 N–H and O–H groups in total. The summed E-state index contributed by atoms with van der Waals surface area (Å²) in [6, 6.07) is 0.330. The van der Waals surface area contributed by atoms with Gasteiger partial charge in [0.05, 0.1) is 5.69 Å². The molecule has 1 atom stereocenters. The first-order valence-corrected chi connectivity index (χ1v) is 7.43. The lowest BCUT2D eigenvalue weighted by Gasteiger charge is -2.11. The van der Waals surface area contributed by atoms with Crippen LogP contribution in [0.15, 0.2) is 12.4 Å². The van der Waals surface area contributed by atoms with Crippen molar-refractivity contribution in [3.63, 3.8) is 0 Å². The Morgan fingerprint density at radius 1 is 1.26 bits per heavy atom. The third-order valence-corrected chi connectivity index (χ3v) is 4.23. The van der Waals surface area contributed by atoms with Gasteiger partial charge in [-0.2, -0.15) is 0 Å². The minimum atomic E-state index is 0.330. The molecule has 102 valence electrons. The van der Waals surface area contributed by atoms with E-state index in [0.29, 0.717) is 11.9 Å². The molecular weight excluding hydrogens is 256 g/mol. The number of aromatic nitrogens is 3. The number of thiazole rings is 1. The molecule has 0 aliphatic heterocycles. The molecule has 0 radical (unpaired) electrons. The van der Waals surface area contributed by atoms with Gasteiger partial charge in [0.2, 0.25) is 0 Å². The third kappa shape index (κ3) is 3.36. The molecule has 5 heteroatoms. The largest absolute Gasteiger partial charge is 0.309 e. The van der Waals surface area contributed by atoms with E-state index >= 15 is 0 Å². The Labute approximate surface area is 118 Å². The average molecular weight is 276 g/mol. The summed E-state index contributed by atoms with van der Waals surface area (Å²) in [4.78, 5) is 14.5. The summed E-state index contributed by atoms with van der Waals surface area (Å²) in [6.07, 6.45) is 4.80.